The lowest BCUT2D eigenvalue weighted by molar-refractivity contribution is -0.127. The summed E-state index contributed by atoms with van der Waals surface area (Å²) < 4.78 is 5.96. The number of amidine groups is 1. The summed E-state index contributed by atoms with van der Waals surface area (Å²) in [5.74, 6) is 1.62. The Labute approximate surface area is 142 Å². The maximum absolute atomic E-state index is 5.96. The monoisotopic (exact) mass is 318 g/mol. The summed E-state index contributed by atoms with van der Waals surface area (Å²) in [6.45, 7) is 16.8. The Bertz CT molecular complexity index is 481. The van der Waals surface area contributed by atoms with Crippen LogP contribution in [-0.2, 0) is 4.74 Å². The Hall–Kier alpha value is -1.35. The smallest absolute Gasteiger partial charge is 0.116 e. The number of allylic oxidation sites excluding steroid dienone is 3. The van der Waals surface area contributed by atoms with Crippen LogP contribution in [0, 0.1) is 5.92 Å². The highest BCUT2D eigenvalue weighted by atomic mass is 16.5. The van der Waals surface area contributed by atoms with Gasteiger partial charge in [-0.1, -0.05) is 53.3 Å². The van der Waals surface area contributed by atoms with Crippen LogP contribution in [0.3, 0.4) is 0 Å². The second-order valence-corrected chi connectivity index (χ2v) is 5.69. The van der Waals surface area contributed by atoms with E-state index in [9.17, 15) is 0 Å². The molecule has 0 aromatic rings. The molecule has 130 valence electrons. The van der Waals surface area contributed by atoms with Crippen molar-refractivity contribution in [3.8, 4) is 0 Å². The van der Waals surface area contributed by atoms with E-state index in [4.69, 9.17) is 9.73 Å². The minimum atomic E-state index is -0.158. The number of hydrogen-bond donors (Lipinski definition) is 1. The molecule has 0 radical (unpaired) electrons. The lowest BCUT2D eigenvalue weighted by atomic mass is 9.63. The van der Waals surface area contributed by atoms with Crippen molar-refractivity contribution in [1.82, 2.24) is 5.32 Å². The molecule has 1 N–H and O–H groups in total. The Balaban J connectivity index is 0.000000615. The van der Waals surface area contributed by atoms with Gasteiger partial charge in [0.2, 0.25) is 0 Å². The molecule has 0 aromatic heterocycles. The minimum Gasteiger partial charge on any atom is -0.375 e. The van der Waals surface area contributed by atoms with Crippen LogP contribution in [0.25, 0.3) is 0 Å². The van der Waals surface area contributed by atoms with Crippen LogP contribution < -0.4 is 5.32 Å². The summed E-state index contributed by atoms with van der Waals surface area (Å²) in [4.78, 5) is 4.96. The van der Waals surface area contributed by atoms with E-state index in [0.717, 1.165) is 37.4 Å². The van der Waals surface area contributed by atoms with E-state index in [1.807, 2.05) is 46.8 Å². The van der Waals surface area contributed by atoms with E-state index in [0.29, 0.717) is 12.0 Å². The molecule has 3 heteroatoms. The second-order valence-electron chi connectivity index (χ2n) is 5.69. The molecular weight excluding hydrogens is 284 g/mol. The van der Waals surface area contributed by atoms with Crippen LogP contribution >= 0.6 is 0 Å². The van der Waals surface area contributed by atoms with Crippen LogP contribution in [0.15, 0.2) is 41.1 Å². The van der Waals surface area contributed by atoms with Crippen molar-refractivity contribution in [3.05, 3.63) is 36.1 Å². The quantitative estimate of drug-likeness (QED) is 0.776. The summed E-state index contributed by atoms with van der Waals surface area (Å²) in [6.07, 6.45) is 9.98. The summed E-state index contributed by atoms with van der Waals surface area (Å²) in [7, 11) is 0. The third-order valence-corrected chi connectivity index (χ3v) is 4.44. The zero-order valence-corrected chi connectivity index (χ0v) is 15.8. The average molecular weight is 319 g/mol. The molecule has 3 aliphatic heterocycles. The van der Waals surface area contributed by atoms with E-state index in [1.54, 1.807) is 0 Å². The molecule has 3 heterocycles. The van der Waals surface area contributed by atoms with Crippen LogP contribution in [0.1, 0.15) is 60.8 Å². The van der Waals surface area contributed by atoms with Gasteiger partial charge < -0.3 is 10.1 Å². The van der Waals surface area contributed by atoms with E-state index in [2.05, 4.69) is 24.9 Å². The van der Waals surface area contributed by atoms with Gasteiger partial charge in [-0.25, -0.2) is 0 Å². The fourth-order valence-electron chi connectivity index (χ4n) is 3.50. The SMILES string of the molecule is C=C/C=C1/NC(C)=NC2(COC3CC2C3)/C1=C/CC.CC.CC. The highest BCUT2D eigenvalue weighted by Crippen LogP contribution is 2.51. The maximum atomic E-state index is 5.96. The van der Waals surface area contributed by atoms with Crippen molar-refractivity contribution in [2.45, 2.75) is 72.4 Å². The first-order valence-electron chi connectivity index (χ1n) is 9.18. The number of rotatable bonds is 2. The largest absolute Gasteiger partial charge is 0.375 e. The van der Waals surface area contributed by atoms with Crippen LogP contribution in [0.5, 0.6) is 0 Å². The number of nitrogens with one attached hydrogen (secondary N) is 1. The molecule has 1 unspecified atom stereocenters. The molecule has 23 heavy (non-hydrogen) atoms. The first-order chi connectivity index (χ1) is 11.2. The number of hydrogen-bond acceptors (Lipinski definition) is 3. The number of aliphatic imine (C=N–C) groups is 1. The lowest BCUT2D eigenvalue weighted by Crippen LogP contribution is -2.60. The van der Waals surface area contributed by atoms with Gasteiger partial charge in [0, 0.05) is 11.3 Å². The second kappa shape index (κ2) is 9.07. The molecule has 3 nitrogen and oxygen atoms in total. The summed E-state index contributed by atoms with van der Waals surface area (Å²) in [5.41, 5.74) is 2.27. The zero-order valence-electron chi connectivity index (χ0n) is 15.8. The van der Waals surface area contributed by atoms with Crippen molar-refractivity contribution in [2.75, 3.05) is 6.61 Å². The van der Waals surface area contributed by atoms with Gasteiger partial charge in [0.1, 0.15) is 5.54 Å². The Morgan fingerprint density at radius 1 is 1.30 bits per heavy atom. The van der Waals surface area contributed by atoms with Crippen molar-refractivity contribution in [3.63, 3.8) is 0 Å². The zero-order chi connectivity index (χ0) is 17.5. The van der Waals surface area contributed by atoms with E-state index in [-0.39, 0.29) is 5.54 Å². The van der Waals surface area contributed by atoms with Crippen molar-refractivity contribution >= 4 is 5.84 Å². The third kappa shape index (κ3) is 3.77. The van der Waals surface area contributed by atoms with Crippen LogP contribution in [0.4, 0.5) is 0 Å². The van der Waals surface area contributed by atoms with Gasteiger partial charge in [-0.3, -0.25) is 4.99 Å². The maximum Gasteiger partial charge on any atom is 0.116 e. The molecule has 4 aliphatic rings. The lowest BCUT2D eigenvalue weighted by Gasteiger charge is -2.55. The van der Waals surface area contributed by atoms with E-state index >= 15 is 0 Å². The number of fused-ring (bicyclic) bond motifs is 1. The van der Waals surface area contributed by atoms with Gasteiger partial charge in [-0.2, -0.15) is 0 Å². The molecule has 1 aliphatic carbocycles. The average Bonchev–Trinajstić information content (AvgIpc) is 2.54. The highest BCUT2D eigenvalue weighted by Gasteiger charge is 2.55. The van der Waals surface area contributed by atoms with Gasteiger partial charge in [-0.05, 0) is 38.2 Å². The van der Waals surface area contributed by atoms with Crippen molar-refractivity contribution in [2.24, 2.45) is 10.9 Å². The van der Waals surface area contributed by atoms with Crippen LogP contribution in [-0.4, -0.2) is 24.1 Å². The normalized spacial score (nSPS) is 34.3. The fourth-order valence-corrected chi connectivity index (χ4v) is 3.50. The molecule has 2 saturated heterocycles. The van der Waals surface area contributed by atoms with Gasteiger partial charge in [0.15, 0.2) is 0 Å². The molecule has 1 atom stereocenters. The number of nitrogens with zero attached hydrogens (tertiary/aromatic N) is 1. The Morgan fingerprint density at radius 2 is 1.96 bits per heavy atom. The molecule has 0 aromatic carbocycles. The van der Waals surface area contributed by atoms with Gasteiger partial charge in [-0.15, -0.1) is 0 Å². The molecule has 0 amide bonds. The van der Waals surface area contributed by atoms with Crippen LogP contribution in [0.2, 0.25) is 0 Å². The Kier molecular flexibility index (Phi) is 7.77. The predicted molar refractivity (Wildman–Crippen MR) is 101 cm³/mol. The Morgan fingerprint density at radius 3 is 2.43 bits per heavy atom. The summed E-state index contributed by atoms with van der Waals surface area (Å²) >= 11 is 0. The topological polar surface area (TPSA) is 33.6 Å². The predicted octanol–water partition coefficient (Wildman–Crippen LogP) is 5.01. The molecule has 2 bridgehead atoms. The van der Waals surface area contributed by atoms with Crippen molar-refractivity contribution in [1.29, 1.82) is 0 Å². The summed E-state index contributed by atoms with van der Waals surface area (Å²) in [6, 6.07) is 0. The molecular formula is C20H34N2O. The minimum absolute atomic E-state index is 0.158. The molecule has 1 spiro atoms. The molecule has 4 rings (SSSR count). The van der Waals surface area contributed by atoms with Gasteiger partial charge >= 0.3 is 0 Å². The van der Waals surface area contributed by atoms with Crippen molar-refractivity contribution < 1.29 is 4.74 Å². The van der Waals surface area contributed by atoms with Gasteiger partial charge in [0.25, 0.3) is 0 Å². The van der Waals surface area contributed by atoms with E-state index < -0.39 is 0 Å². The molecule has 3 fully saturated rings. The highest BCUT2D eigenvalue weighted by molar-refractivity contribution is 5.85. The first kappa shape index (κ1) is 19.7. The van der Waals surface area contributed by atoms with Gasteiger partial charge in [0.05, 0.1) is 18.5 Å². The molecule has 1 saturated carbocycles. The fraction of sp³-hybridized carbons (Fsp3) is 0.650. The third-order valence-electron chi connectivity index (χ3n) is 4.44. The van der Waals surface area contributed by atoms with E-state index in [1.165, 1.54) is 5.57 Å². The number of ether oxygens (including phenoxy) is 1. The standard InChI is InChI=1S/C16H22N2O.2C2H6/c1-4-6-14-15(7-5-2)17-11(3)18-16(14)10-19-13-8-12(16)9-13;2*1-2/h5-7,12-13H,2,4,8-10H2,1,3H3,(H,17,18);2*1-2H3/b14-6+,15-7+;;. The summed E-state index contributed by atoms with van der Waals surface area (Å²) in [5, 5.41) is 3.38. The first-order valence-corrected chi connectivity index (χ1v) is 9.18.